The van der Waals surface area contributed by atoms with E-state index in [-0.39, 0.29) is 17.8 Å². The summed E-state index contributed by atoms with van der Waals surface area (Å²) in [6.07, 6.45) is 1.47. The zero-order valence-electron chi connectivity index (χ0n) is 12.7. The Bertz CT molecular complexity index is 528. The van der Waals surface area contributed by atoms with Crippen molar-refractivity contribution in [1.82, 2.24) is 4.90 Å². The lowest BCUT2D eigenvalue weighted by atomic mass is 9.97. The fraction of sp³-hybridized carbons (Fsp3) is 0.500. The number of carbonyl (C=O) groups excluding carboxylic acids is 2. The minimum Gasteiger partial charge on any atom is -0.466 e. The van der Waals surface area contributed by atoms with Gasteiger partial charge in [0.1, 0.15) is 0 Å². The number of carbonyl (C=O) groups is 2. The molecule has 2 rings (SSSR count). The molecule has 1 aromatic carbocycles. The minimum atomic E-state index is -0.123. The monoisotopic (exact) mass is 324 g/mol. The number of hydrogen-bond donors (Lipinski definition) is 1. The SMILES string of the molecule is CCOC(=O)C1CCN(CC(=O)Nc2ccccc2Cl)CC1. The lowest BCUT2D eigenvalue weighted by Gasteiger charge is -2.30. The molecule has 0 atom stereocenters. The van der Waals surface area contributed by atoms with Gasteiger partial charge in [0, 0.05) is 0 Å². The first-order chi connectivity index (χ1) is 10.6. The van der Waals surface area contributed by atoms with Crippen LogP contribution in [0.2, 0.25) is 5.02 Å². The maximum absolute atomic E-state index is 12.0. The summed E-state index contributed by atoms with van der Waals surface area (Å²) >= 11 is 6.02. The Hall–Kier alpha value is -1.59. The van der Waals surface area contributed by atoms with Crippen LogP contribution in [-0.4, -0.2) is 43.0 Å². The summed E-state index contributed by atoms with van der Waals surface area (Å²) in [5.74, 6) is -0.256. The van der Waals surface area contributed by atoms with E-state index in [0.717, 1.165) is 25.9 Å². The van der Waals surface area contributed by atoms with Crippen LogP contribution in [0.1, 0.15) is 19.8 Å². The number of amides is 1. The number of anilines is 1. The van der Waals surface area contributed by atoms with E-state index < -0.39 is 0 Å². The molecule has 1 heterocycles. The van der Waals surface area contributed by atoms with E-state index in [2.05, 4.69) is 5.32 Å². The van der Waals surface area contributed by atoms with Crippen LogP contribution in [0.25, 0.3) is 0 Å². The number of rotatable bonds is 5. The molecule has 0 aliphatic carbocycles. The summed E-state index contributed by atoms with van der Waals surface area (Å²) in [7, 11) is 0. The normalized spacial score (nSPS) is 16.3. The highest BCUT2D eigenvalue weighted by Gasteiger charge is 2.26. The zero-order chi connectivity index (χ0) is 15.9. The maximum atomic E-state index is 12.0. The summed E-state index contributed by atoms with van der Waals surface area (Å²) in [6.45, 7) is 3.98. The minimum absolute atomic E-state index is 0.0390. The largest absolute Gasteiger partial charge is 0.466 e. The van der Waals surface area contributed by atoms with E-state index in [4.69, 9.17) is 16.3 Å². The summed E-state index contributed by atoms with van der Waals surface area (Å²) in [6, 6.07) is 7.15. The molecule has 0 saturated carbocycles. The van der Waals surface area contributed by atoms with Gasteiger partial charge >= 0.3 is 5.97 Å². The highest BCUT2D eigenvalue weighted by atomic mass is 35.5. The molecule has 1 aliphatic rings. The second-order valence-electron chi connectivity index (χ2n) is 5.33. The highest BCUT2D eigenvalue weighted by Crippen LogP contribution is 2.21. The average molecular weight is 325 g/mol. The van der Waals surface area contributed by atoms with Gasteiger partial charge in [-0.2, -0.15) is 0 Å². The number of benzene rings is 1. The smallest absolute Gasteiger partial charge is 0.309 e. The maximum Gasteiger partial charge on any atom is 0.309 e. The Balaban J connectivity index is 1.77. The first kappa shape index (κ1) is 16.8. The van der Waals surface area contributed by atoms with Gasteiger partial charge in [-0.25, -0.2) is 0 Å². The van der Waals surface area contributed by atoms with Crippen molar-refractivity contribution in [3.8, 4) is 0 Å². The van der Waals surface area contributed by atoms with Gasteiger partial charge in [0.25, 0.3) is 0 Å². The topological polar surface area (TPSA) is 58.6 Å². The lowest BCUT2D eigenvalue weighted by Crippen LogP contribution is -2.41. The summed E-state index contributed by atoms with van der Waals surface area (Å²) in [5.41, 5.74) is 0.621. The first-order valence-electron chi connectivity index (χ1n) is 7.53. The number of para-hydroxylation sites is 1. The van der Waals surface area contributed by atoms with Crippen LogP contribution in [0, 0.1) is 5.92 Å². The molecule has 1 aliphatic heterocycles. The molecule has 120 valence electrons. The number of likely N-dealkylation sites (tertiary alicyclic amines) is 1. The fourth-order valence-corrected chi connectivity index (χ4v) is 2.73. The van der Waals surface area contributed by atoms with E-state index in [1.807, 2.05) is 24.0 Å². The van der Waals surface area contributed by atoms with Crippen molar-refractivity contribution < 1.29 is 14.3 Å². The van der Waals surface area contributed by atoms with Gasteiger partial charge in [-0.1, -0.05) is 23.7 Å². The number of hydrogen-bond acceptors (Lipinski definition) is 4. The van der Waals surface area contributed by atoms with Gasteiger partial charge in [-0.05, 0) is 45.0 Å². The second kappa shape index (κ2) is 8.15. The van der Waals surface area contributed by atoms with Gasteiger partial charge in [0.05, 0.1) is 29.8 Å². The van der Waals surface area contributed by atoms with E-state index in [0.29, 0.717) is 23.9 Å². The van der Waals surface area contributed by atoms with Gasteiger partial charge in [0.2, 0.25) is 5.91 Å². The molecule has 6 heteroatoms. The van der Waals surface area contributed by atoms with Crippen molar-refractivity contribution in [3.05, 3.63) is 29.3 Å². The molecule has 1 amide bonds. The number of nitrogens with one attached hydrogen (secondary N) is 1. The van der Waals surface area contributed by atoms with Crippen molar-refractivity contribution in [2.45, 2.75) is 19.8 Å². The quantitative estimate of drug-likeness (QED) is 0.846. The third-order valence-corrected chi connectivity index (χ3v) is 4.05. The molecule has 1 N–H and O–H groups in total. The van der Waals surface area contributed by atoms with Gasteiger partial charge in [0.15, 0.2) is 0 Å². The van der Waals surface area contributed by atoms with Crippen molar-refractivity contribution >= 4 is 29.2 Å². The first-order valence-corrected chi connectivity index (χ1v) is 7.91. The Morgan fingerprint density at radius 1 is 1.32 bits per heavy atom. The van der Waals surface area contributed by atoms with Crippen LogP contribution in [0.4, 0.5) is 5.69 Å². The Morgan fingerprint density at radius 3 is 2.64 bits per heavy atom. The predicted octanol–water partition coefficient (Wildman–Crippen LogP) is 2.55. The van der Waals surface area contributed by atoms with Crippen LogP contribution in [0.5, 0.6) is 0 Å². The van der Waals surface area contributed by atoms with Crippen LogP contribution >= 0.6 is 11.6 Å². The van der Waals surface area contributed by atoms with Gasteiger partial charge < -0.3 is 10.1 Å². The molecule has 0 aromatic heterocycles. The Kier molecular flexibility index (Phi) is 6.21. The predicted molar refractivity (Wildman–Crippen MR) is 85.9 cm³/mol. The van der Waals surface area contributed by atoms with E-state index in [9.17, 15) is 9.59 Å². The molecule has 22 heavy (non-hydrogen) atoms. The van der Waals surface area contributed by atoms with Gasteiger partial charge in [-0.15, -0.1) is 0 Å². The van der Waals surface area contributed by atoms with Crippen molar-refractivity contribution in [2.75, 3.05) is 31.6 Å². The molecular weight excluding hydrogens is 304 g/mol. The molecule has 0 unspecified atom stereocenters. The number of esters is 1. The fourth-order valence-electron chi connectivity index (χ4n) is 2.54. The second-order valence-corrected chi connectivity index (χ2v) is 5.74. The van der Waals surface area contributed by atoms with Crippen LogP contribution < -0.4 is 5.32 Å². The number of piperidine rings is 1. The van der Waals surface area contributed by atoms with E-state index >= 15 is 0 Å². The highest BCUT2D eigenvalue weighted by molar-refractivity contribution is 6.33. The molecular formula is C16H21ClN2O3. The average Bonchev–Trinajstić information content (AvgIpc) is 2.50. The molecule has 0 radical (unpaired) electrons. The molecule has 1 fully saturated rings. The van der Waals surface area contributed by atoms with Crippen molar-refractivity contribution in [3.63, 3.8) is 0 Å². The molecule has 5 nitrogen and oxygen atoms in total. The number of halogens is 1. The molecule has 0 bridgehead atoms. The third kappa shape index (κ3) is 4.71. The summed E-state index contributed by atoms with van der Waals surface area (Å²) in [4.78, 5) is 25.8. The Morgan fingerprint density at radius 2 is 2.00 bits per heavy atom. The lowest BCUT2D eigenvalue weighted by molar-refractivity contribution is -0.149. The van der Waals surface area contributed by atoms with Crippen LogP contribution in [0.15, 0.2) is 24.3 Å². The number of ether oxygens (including phenoxy) is 1. The Labute approximate surface area is 135 Å². The van der Waals surface area contributed by atoms with Crippen molar-refractivity contribution in [2.24, 2.45) is 5.92 Å². The molecule has 0 spiro atoms. The van der Waals surface area contributed by atoms with E-state index in [1.54, 1.807) is 12.1 Å². The van der Waals surface area contributed by atoms with Crippen molar-refractivity contribution in [1.29, 1.82) is 0 Å². The van der Waals surface area contributed by atoms with Crippen LogP contribution in [0.3, 0.4) is 0 Å². The molecule has 1 aromatic rings. The summed E-state index contributed by atoms with van der Waals surface area (Å²) < 4.78 is 5.04. The van der Waals surface area contributed by atoms with Gasteiger partial charge in [-0.3, -0.25) is 14.5 Å². The van der Waals surface area contributed by atoms with E-state index in [1.165, 1.54) is 0 Å². The number of nitrogens with zero attached hydrogens (tertiary/aromatic N) is 1. The zero-order valence-corrected chi connectivity index (χ0v) is 13.4. The summed E-state index contributed by atoms with van der Waals surface area (Å²) in [5, 5.41) is 3.33. The molecule has 1 saturated heterocycles. The third-order valence-electron chi connectivity index (χ3n) is 3.72. The van der Waals surface area contributed by atoms with Crippen LogP contribution in [-0.2, 0) is 14.3 Å². The standard InChI is InChI=1S/C16H21ClN2O3/c1-2-22-16(21)12-7-9-19(10-8-12)11-15(20)18-14-6-4-3-5-13(14)17/h3-6,12H,2,7-11H2,1H3,(H,18,20).